The molecule has 0 spiro atoms. The monoisotopic (exact) mass is 583 g/mol. The van der Waals surface area contributed by atoms with Crippen LogP contribution in [0, 0.1) is 0 Å². The molecule has 0 aliphatic rings. The summed E-state index contributed by atoms with van der Waals surface area (Å²) >= 11 is 3.47. The normalized spacial score (nSPS) is 13.1. The zero-order valence-corrected chi connectivity index (χ0v) is 23.7. The first-order valence-electron chi connectivity index (χ1n) is 11.6. The number of carbonyl (C=O) groups is 1. The molecule has 3 rings (SSSR count). The van der Waals surface area contributed by atoms with Crippen LogP contribution in [-0.2, 0) is 17.4 Å². The molecule has 0 radical (unpaired) electrons. The maximum absolute atomic E-state index is 14.0. The number of carbonyl (C=O) groups excluding carboxylic acids is 1. The van der Waals surface area contributed by atoms with Crippen LogP contribution in [0.25, 0.3) is 10.9 Å². The van der Waals surface area contributed by atoms with E-state index in [9.17, 15) is 13.6 Å². The van der Waals surface area contributed by atoms with E-state index in [1.54, 1.807) is 36.9 Å². The third-order valence-corrected chi connectivity index (χ3v) is 8.10. The van der Waals surface area contributed by atoms with Gasteiger partial charge in [-0.15, -0.1) is 0 Å². The maximum Gasteiger partial charge on any atom is 0.295 e. The van der Waals surface area contributed by atoms with Crippen molar-refractivity contribution in [3.05, 3.63) is 57.7 Å². The van der Waals surface area contributed by atoms with Gasteiger partial charge in [-0.3, -0.25) is 4.79 Å². The number of aliphatic hydroxyl groups excluding tert-OH is 1. The lowest BCUT2D eigenvalue weighted by atomic mass is 10.0. The van der Waals surface area contributed by atoms with Crippen molar-refractivity contribution in [3.8, 4) is 5.75 Å². The number of halogens is 3. The van der Waals surface area contributed by atoms with Gasteiger partial charge in [-0.05, 0) is 52.7 Å². The minimum Gasteiger partial charge on any atom is -0.496 e. The molecule has 1 aromatic heterocycles. The molecule has 7 nitrogen and oxygen atoms in total. The van der Waals surface area contributed by atoms with Gasteiger partial charge in [0.15, 0.2) is 0 Å². The van der Waals surface area contributed by atoms with E-state index in [0.717, 1.165) is 6.04 Å². The van der Waals surface area contributed by atoms with Crippen molar-refractivity contribution in [2.45, 2.75) is 51.3 Å². The summed E-state index contributed by atoms with van der Waals surface area (Å²) in [5.41, 5.74) is 1.07. The molecule has 0 bridgehead atoms. The van der Waals surface area contributed by atoms with Crippen LogP contribution in [0.5, 0.6) is 5.75 Å². The third-order valence-electron chi connectivity index (χ3n) is 5.84. The Hall–Kier alpha value is -2.34. The predicted octanol–water partition coefficient (Wildman–Crippen LogP) is 5.69. The Morgan fingerprint density at radius 3 is 2.64 bits per heavy atom. The van der Waals surface area contributed by atoms with Crippen LogP contribution < -0.4 is 10.1 Å². The number of rotatable bonds is 11. The largest absolute Gasteiger partial charge is 0.496 e. The summed E-state index contributed by atoms with van der Waals surface area (Å²) in [5, 5.41) is 17.0. The minimum atomic E-state index is -3.36. The molecule has 1 atom stereocenters. The maximum atomic E-state index is 14.0. The van der Waals surface area contributed by atoms with Crippen LogP contribution in [0.4, 0.5) is 8.78 Å². The molecule has 0 aliphatic carbocycles. The lowest BCUT2D eigenvalue weighted by Crippen LogP contribution is -2.28. The van der Waals surface area contributed by atoms with Crippen LogP contribution in [0.15, 0.2) is 41.0 Å². The summed E-state index contributed by atoms with van der Waals surface area (Å²) in [6.07, 6.45) is 0. The van der Waals surface area contributed by atoms with E-state index < -0.39 is 32.6 Å². The number of alkyl halides is 2. The standard InChI is InChI=1S/C25H32BrF2N3O4Si/c1-16(17-7-6-8-18(13-17)25(27,28)14-32)29-24(33)19-9-10-20(34-2)21-22(19)31(30-23(21)26)15-35-11-12-36(3,4)5/h6-10,13,16,32H,11-12,14-15H2,1-5H3,(H,29,33). The van der Waals surface area contributed by atoms with Crippen LogP contribution in [0.3, 0.4) is 0 Å². The van der Waals surface area contributed by atoms with Crippen molar-refractivity contribution < 1.29 is 28.2 Å². The number of aromatic nitrogens is 2. The predicted molar refractivity (Wildman–Crippen MR) is 141 cm³/mol. The number of hydrogen-bond donors (Lipinski definition) is 2. The van der Waals surface area contributed by atoms with Gasteiger partial charge >= 0.3 is 0 Å². The number of fused-ring (bicyclic) bond motifs is 1. The van der Waals surface area contributed by atoms with E-state index in [1.807, 2.05) is 0 Å². The Balaban J connectivity index is 1.90. The zero-order chi connectivity index (χ0) is 26.7. The number of nitrogens with one attached hydrogen (secondary N) is 1. The first-order valence-corrected chi connectivity index (χ1v) is 16.1. The topological polar surface area (TPSA) is 85.6 Å². The van der Waals surface area contributed by atoms with Gasteiger partial charge in [0.2, 0.25) is 0 Å². The summed E-state index contributed by atoms with van der Waals surface area (Å²) < 4.78 is 41.4. The highest BCUT2D eigenvalue weighted by Gasteiger charge is 2.31. The molecule has 2 N–H and O–H groups in total. The number of amides is 1. The van der Waals surface area contributed by atoms with Crippen molar-refractivity contribution in [1.29, 1.82) is 0 Å². The van der Waals surface area contributed by atoms with Crippen molar-refractivity contribution >= 4 is 40.8 Å². The van der Waals surface area contributed by atoms with E-state index in [-0.39, 0.29) is 12.3 Å². The first kappa shape index (κ1) is 28.2. The van der Waals surface area contributed by atoms with Crippen LogP contribution in [-0.4, -0.2) is 49.2 Å². The number of nitrogens with zero attached hydrogens (tertiary/aromatic N) is 2. The molecule has 196 valence electrons. The van der Waals surface area contributed by atoms with Gasteiger partial charge in [-0.25, -0.2) is 4.68 Å². The van der Waals surface area contributed by atoms with E-state index in [0.29, 0.717) is 39.0 Å². The van der Waals surface area contributed by atoms with Gasteiger partial charge in [0, 0.05) is 20.2 Å². The molecule has 1 unspecified atom stereocenters. The number of benzene rings is 2. The molecule has 0 saturated heterocycles. The van der Waals surface area contributed by atoms with E-state index in [4.69, 9.17) is 14.6 Å². The molecule has 36 heavy (non-hydrogen) atoms. The summed E-state index contributed by atoms with van der Waals surface area (Å²) in [6.45, 7) is 7.98. The number of methoxy groups -OCH3 is 1. The second-order valence-corrected chi connectivity index (χ2v) is 16.2. The van der Waals surface area contributed by atoms with Gasteiger partial charge in [-0.2, -0.15) is 13.9 Å². The Kier molecular flexibility index (Phi) is 8.91. The Morgan fingerprint density at radius 1 is 1.28 bits per heavy atom. The molecule has 2 aromatic carbocycles. The van der Waals surface area contributed by atoms with Crippen LogP contribution >= 0.6 is 15.9 Å². The molecular weight excluding hydrogens is 552 g/mol. The third kappa shape index (κ3) is 6.50. The van der Waals surface area contributed by atoms with E-state index in [1.165, 1.54) is 18.2 Å². The van der Waals surface area contributed by atoms with E-state index >= 15 is 0 Å². The van der Waals surface area contributed by atoms with Crippen molar-refractivity contribution in [1.82, 2.24) is 15.1 Å². The molecule has 1 heterocycles. The van der Waals surface area contributed by atoms with Gasteiger partial charge in [0.05, 0.1) is 29.6 Å². The van der Waals surface area contributed by atoms with Gasteiger partial charge in [0.25, 0.3) is 11.8 Å². The lowest BCUT2D eigenvalue weighted by Gasteiger charge is -2.19. The summed E-state index contributed by atoms with van der Waals surface area (Å²) in [4.78, 5) is 13.4. The number of aliphatic hydroxyl groups is 1. The van der Waals surface area contributed by atoms with Gasteiger partial charge < -0.3 is 19.9 Å². The Labute approximate surface area is 218 Å². The number of hydrogen-bond acceptors (Lipinski definition) is 5. The molecule has 0 fully saturated rings. The van der Waals surface area contributed by atoms with Crippen LogP contribution in [0.2, 0.25) is 25.7 Å². The average molecular weight is 585 g/mol. The van der Waals surface area contributed by atoms with Crippen molar-refractivity contribution in [3.63, 3.8) is 0 Å². The second-order valence-electron chi connectivity index (χ2n) is 9.86. The average Bonchev–Trinajstić information content (AvgIpc) is 3.17. The summed E-state index contributed by atoms with van der Waals surface area (Å²) in [6, 6.07) is 9.43. The molecule has 0 saturated carbocycles. The molecule has 1 amide bonds. The lowest BCUT2D eigenvalue weighted by molar-refractivity contribution is -0.0556. The zero-order valence-electron chi connectivity index (χ0n) is 21.1. The highest BCUT2D eigenvalue weighted by Crippen LogP contribution is 2.35. The highest BCUT2D eigenvalue weighted by molar-refractivity contribution is 9.10. The highest BCUT2D eigenvalue weighted by atomic mass is 79.9. The fourth-order valence-corrected chi connectivity index (χ4v) is 5.04. The fraction of sp³-hybridized carbons (Fsp3) is 0.440. The quantitative estimate of drug-likeness (QED) is 0.223. The first-order chi connectivity index (χ1) is 16.9. The summed E-state index contributed by atoms with van der Waals surface area (Å²) in [5.74, 6) is -3.21. The fourth-order valence-electron chi connectivity index (χ4n) is 3.71. The summed E-state index contributed by atoms with van der Waals surface area (Å²) in [7, 11) is 0.276. The smallest absolute Gasteiger partial charge is 0.295 e. The van der Waals surface area contributed by atoms with Crippen molar-refractivity contribution in [2.75, 3.05) is 20.3 Å². The van der Waals surface area contributed by atoms with Crippen molar-refractivity contribution in [2.24, 2.45) is 0 Å². The van der Waals surface area contributed by atoms with E-state index in [2.05, 4.69) is 46.0 Å². The Bertz CT molecular complexity index is 1230. The Morgan fingerprint density at radius 2 is 2.00 bits per heavy atom. The number of ether oxygens (including phenoxy) is 2. The molecule has 0 aliphatic heterocycles. The minimum absolute atomic E-state index is 0.161. The van der Waals surface area contributed by atoms with Gasteiger partial charge in [0.1, 0.15) is 23.7 Å². The SMILES string of the molecule is COc1ccc(C(=O)NC(C)c2cccc(C(F)(F)CO)c2)c2c1c(Br)nn2COCC[Si](C)(C)C. The molecular formula is C25H32BrF2N3O4Si. The molecule has 3 aromatic rings. The van der Waals surface area contributed by atoms with Crippen LogP contribution in [0.1, 0.15) is 34.5 Å². The van der Waals surface area contributed by atoms with Gasteiger partial charge in [-0.1, -0.05) is 37.8 Å². The molecule has 11 heteroatoms. The second kappa shape index (κ2) is 11.4.